The molecule has 0 heterocycles. The Morgan fingerprint density at radius 1 is 0.955 bits per heavy atom. The number of hydrogen-bond donors (Lipinski definition) is 1. The van der Waals surface area contributed by atoms with E-state index >= 15 is 0 Å². The zero-order chi connectivity index (χ0) is 15.9. The molecular formula is C17H19N3O2. The number of carbonyl (C=O) groups is 1. The van der Waals surface area contributed by atoms with E-state index in [1.165, 1.54) is 6.07 Å². The number of carboxylic acids is 1. The predicted molar refractivity (Wildman–Crippen MR) is 87.6 cm³/mol. The Hall–Kier alpha value is -2.69. The van der Waals surface area contributed by atoms with Crippen LogP contribution in [0.5, 0.6) is 0 Å². The van der Waals surface area contributed by atoms with Crippen LogP contribution in [0.1, 0.15) is 24.2 Å². The van der Waals surface area contributed by atoms with E-state index in [2.05, 4.69) is 29.0 Å². The van der Waals surface area contributed by atoms with E-state index < -0.39 is 5.97 Å². The fraction of sp³-hybridized carbons (Fsp3) is 0.235. The van der Waals surface area contributed by atoms with Gasteiger partial charge < -0.3 is 10.0 Å². The second-order valence-electron chi connectivity index (χ2n) is 4.68. The maximum atomic E-state index is 11.2. The van der Waals surface area contributed by atoms with Crippen LogP contribution in [0, 0.1) is 0 Å². The molecule has 0 fully saturated rings. The molecule has 5 nitrogen and oxygen atoms in total. The summed E-state index contributed by atoms with van der Waals surface area (Å²) >= 11 is 0. The van der Waals surface area contributed by atoms with Crippen LogP contribution in [0.3, 0.4) is 0 Å². The predicted octanol–water partition coefficient (Wildman–Crippen LogP) is 4.65. The molecule has 0 aromatic heterocycles. The van der Waals surface area contributed by atoms with Crippen molar-refractivity contribution in [2.24, 2.45) is 10.2 Å². The topological polar surface area (TPSA) is 65.3 Å². The lowest BCUT2D eigenvalue weighted by Gasteiger charge is -2.22. The van der Waals surface area contributed by atoms with Gasteiger partial charge >= 0.3 is 5.97 Å². The molecule has 1 N–H and O–H groups in total. The van der Waals surface area contributed by atoms with Crippen molar-refractivity contribution in [3.8, 4) is 0 Å². The average Bonchev–Trinajstić information content (AvgIpc) is 2.55. The Labute approximate surface area is 129 Å². The van der Waals surface area contributed by atoms with Gasteiger partial charge in [-0.1, -0.05) is 24.3 Å². The van der Waals surface area contributed by atoms with Crippen LogP contribution in [0.15, 0.2) is 58.8 Å². The van der Waals surface area contributed by atoms with Gasteiger partial charge in [0.05, 0.1) is 11.3 Å². The molecule has 114 valence electrons. The number of rotatable bonds is 6. The van der Waals surface area contributed by atoms with E-state index in [4.69, 9.17) is 0 Å². The minimum absolute atomic E-state index is 0.145. The van der Waals surface area contributed by atoms with Crippen LogP contribution in [0.25, 0.3) is 0 Å². The number of para-hydroxylation sites is 1. The highest BCUT2D eigenvalue weighted by Gasteiger charge is 2.10. The molecule has 2 rings (SSSR count). The number of nitrogens with zero attached hydrogens (tertiary/aromatic N) is 3. The van der Waals surface area contributed by atoms with Crippen LogP contribution in [-0.2, 0) is 0 Å². The van der Waals surface area contributed by atoms with Gasteiger partial charge in [0, 0.05) is 13.1 Å². The summed E-state index contributed by atoms with van der Waals surface area (Å²) in [6.07, 6.45) is 0. The second kappa shape index (κ2) is 7.36. The fourth-order valence-corrected chi connectivity index (χ4v) is 2.23. The zero-order valence-corrected chi connectivity index (χ0v) is 12.7. The van der Waals surface area contributed by atoms with Gasteiger partial charge in [0.1, 0.15) is 11.4 Å². The van der Waals surface area contributed by atoms with Crippen LogP contribution in [0.2, 0.25) is 0 Å². The number of carboxylic acid groups (broad SMARTS) is 1. The van der Waals surface area contributed by atoms with E-state index in [0.29, 0.717) is 5.69 Å². The van der Waals surface area contributed by atoms with E-state index in [-0.39, 0.29) is 5.56 Å². The number of hydrogen-bond acceptors (Lipinski definition) is 4. The summed E-state index contributed by atoms with van der Waals surface area (Å²) in [4.78, 5) is 13.4. The summed E-state index contributed by atoms with van der Waals surface area (Å²) < 4.78 is 0. The Morgan fingerprint density at radius 3 is 2.14 bits per heavy atom. The SMILES string of the molecule is CCN(CC)c1ccccc1N=Nc1ccccc1C(=O)O. The third-order valence-electron chi connectivity index (χ3n) is 3.39. The summed E-state index contributed by atoms with van der Waals surface area (Å²) in [6, 6.07) is 14.3. The monoisotopic (exact) mass is 297 g/mol. The lowest BCUT2D eigenvalue weighted by Crippen LogP contribution is -2.21. The highest BCUT2D eigenvalue weighted by molar-refractivity contribution is 5.93. The minimum Gasteiger partial charge on any atom is -0.478 e. The summed E-state index contributed by atoms with van der Waals surface area (Å²) in [5.74, 6) is -1.01. The van der Waals surface area contributed by atoms with Crippen LogP contribution in [-0.4, -0.2) is 24.2 Å². The first-order valence-corrected chi connectivity index (χ1v) is 7.25. The Balaban J connectivity index is 2.37. The summed E-state index contributed by atoms with van der Waals surface area (Å²) in [5.41, 5.74) is 2.21. The van der Waals surface area contributed by atoms with Crippen LogP contribution >= 0.6 is 0 Å². The molecule has 0 saturated carbocycles. The molecular weight excluding hydrogens is 278 g/mol. The maximum Gasteiger partial charge on any atom is 0.337 e. The Kier molecular flexibility index (Phi) is 5.25. The lowest BCUT2D eigenvalue weighted by atomic mass is 10.2. The second-order valence-corrected chi connectivity index (χ2v) is 4.68. The summed E-state index contributed by atoms with van der Waals surface area (Å²) in [7, 11) is 0. The summed E-state index contributed by atoms with van der Waals surface area (Å²) in [6.45, 7) is 5.90. The third kappa shape index (κ3) is 3.49. The van der Waals surface area contributed by atoms with Gasteiger partial charge in [-0.25, -0.2) is 4.79 Å². The van der Waals surface area contributed by atoms with Gasteiger partial charge in [0.25, 0.3) is 0 Å². The van der Waals surface area contributed by atoms with Crippen molar-refractivity contribution in [2.75, 3.05) is 18.0 Å². The quantitative estimate of drug-likeness (QED) is 0.789. The van der Waals surface area contributed by atoms with Crippen molar-refractivity contribution in [2.45, 2.75) is 13.8 Å². The summed E-state index contributed by atoms with van der Waals surface area (Å²) in [5, 5.41) is 17.6. The smallest absolute Gasteiger partial charge is 0.337 e. The lowest BCUT2D eigenvalue weighted by molar-refractivity contribution is 0.0698. The third-order valence-corrected chi connectivity index (χ3v) is 3.39. The molecule has 0 aliphatic heterocycles. The van der Waals surface area contributed by atoms with Crippen LogP contribution in [0.4, 0.5) is 17.1 Å². The van der Waals surface area contributed by atoms with E-state index in [0.717, 1.165) is 24.5 Å². The number of benzene rings is 2. The molecule has 0 unspecified atom stereocenters. The first kappa shape index (κ1) is 15.7. The highest BCUT2D eigenvalue weighted by Crippen LogP contribution is 2.30. The molecule has 0 saturated heterocycles. The average molecular weight is 297 g/mol. The molecule has 0 radical (unpaired) electrons. The number of aromatic carboxylic acids is 1. The van der Waals surface area contributed by atoms with Crippen molar-refractivity contribution in [3.63, 3.8) is 0 Å². The normalized spacial score (nSPS) is 10.8. The first-order chi connectivity index (χ1) is 10.7. The minimum atomic E-state index is -1.01. The Morgan fingerprint density at radius 2 is 1.50 bits per heavy atom. The number of azo groups is 1. The maximum absolute atomic E-state index is 11.2. The molecule has 0 aliphatic rings. The molecule has 22 heavy (non-hydrogen) atoms. The van der Waals surface area contributed by atoms with Gasteiger partial charge in [-0.05, 0) is 38.1 Å². The largest absolute Gasteiger partial charge is 0.478 e. The highest BCUT2D eigenvalue weighted by atomic mass is 16.4. The standard InChI is InChI=1S/C17H19N3O2/c1-3-20(4-2)16-12-8-7-11-15(16)19-18-14-10-6-5-9-13(14)17(21)22/h5-12H,3-4H2,1-2H3,(H,21,22). The van der Waals surface area contributed by atoms with Gasteiger partial charge in [-0.3, -0.25) is 0 Å². The van der Waals surface area contributed by atoms with Gasteiger partial charge in [0.15, 0.2) is 0 Å². The van der Waals surface area contributed by atoms with Crippen molar-refractivity contribution in [1.29, 1.82) is 0 Å². The Bertz CT molecular complexity index is 679. The molecule has 5 heteroatoms. The van der Waals surface area contributed by atoms with Crippen molar-refractivity contribution in [1.82, 2.24) is 0 Å². The molecule has 0 amide bonds. The molecule has 0 spiro atoms. The van der Waals surface area contributed by atoms with E-state index in [9.17, 15) is 9.90 Å². The fourth-order valence-electron chi connectivity index (χ4n) is 2.23. The van der Waals surface area contributed by atoms with Crippen molar-refractivity contribution >= 4 is 23.0 Å². The molecule has 0 atom stereocenters. The van der Waals surface area contributed by atoms with Crippen molar-refractivity contribution < 1.29 is 9.90 Å². The molecule has 2 aromatic rings. The van der Waals surface area contributed by atoms with Gasteiger partial charge in [0.2, 0.25) is 0 Å². The molecule has 0 aliphatic carbocycles. The molecule has 0 bridgehead atoms. The zero-order valence-electron chi connectivity index (χ0n) is 12.7. The van der Waals surface area contributed by atoms with E-state index in [1.807, 2.05) is 24.3 Å². The molecule has 2 aromatic carbocycles. The van der Waals surface area contributed by atoms with E-state index in [1.54, 1.807) is 18.2 Å². The van der Waals surface area contributed by atoms with Gasteiger partial charge in [-0.2, -0.15) is 0 Å². The first-order valence-electron chi connectivity index (χ1n) is 7.25. The van der Waals surface area contributed by atoms with Crippen molar-refractivity contribution in [3.05, 3.63) is 54.1 Å². The van der Waals surface area contributed by atoms with Gasteiger partial charge in [-0.15, -0.1) is 10.2 Å². The number of anilines is 1. The van der Waals surface area contributed by atoms with Crippen LogP contribution < -0.4 is 4.90 Å².